The lowest BCUT2D eigenvalue weighted by Crippen LogP contribution is -2.26. The molecule has 1 heterocycles. The van der Waals surface area contributed by atoms with Gasteiger partial charge in [0.1, 0.15) is 0 Å². The average Bonchev–Trinajstić information content (AvgIpc) is 1.94. The van der Waals surface area contributed by atoms with Crippen LogP contribution >= 0.6 is 0 Å². The molecule has 10 heavy (non-hydrogen) atoms. The summed E-state index contributed by atoms with van der Waals surface area (Å²) in [6, 6.07) is 0. The third-order valence-corrected chi connectivity index (χ3v) is 2.10. The number of rotatable bonds is 1. The maximum absolute atomic E-state index is 3.78. The number of hydrogen-bond acceptors (Lipinski definition) is 1. The second-order valence-corrected chi connectivity index (χ2v) is 3.00. The highest BCUT2D eigenvalue weighted by atomic mass is 15.1. The van der Waals surface area contributed by atoms with Crippen molar-refractivity contribution in [1.29, 1.82) is 0 Å². The summed E-state index contributed by atoms with van der Waals surface area (Å²) in [6.45, 7) is 8.26. The van der Waals surface area contributed by atoms with E-state index >= 15 is 0 Å². The first kappa shape index (κ1) is 7.55. The Morgan fingerprint density at radius 1 is 1.60 bits per heavy atom. The molecule has 0 aromatic carbocycles. The Bertz CT molecular complexity index is 168. The molecule has 56 valence electrons. The van der Waals surface area contributed by atoms with E-state index < -0.39 is 0 Å². The topological polar surface area (TPSA) is 3.24 Å². The first-order valence-corrected chi connectivity index (χ1v) is 3.73. The molecule has 0 unspecified atom stereocenters. The molecule has 1 aliphatic heterocycles. The summed E-state index contributed by atoms with van der Waals surface area (Å²) >= 11 is 0. The van der Waals surface area contributed by atoms with Gasteiger partial charge in [0.2, 0.25) is 0 Å². The zero-order chi connectivity index (χ0) is 7.56. The van der Waals surface area contributed by atoms with E-state index in [0.29, 0.717) is 0 Å². The molecule has 0 aromatic rings. The summed E-state index contributed by atoms with van der Waals surface area (Å²) in [7, 11) is 2.15. The van der Waals surface area contributed by atoms with Crippen LogP contribution in [0.3, 0.4) is 0 Å². The van der Waals surface area contributed by atoms with Gasteiger partial charge in [0, 0.05) is 13.1 Å². The van der Waals surface area contributed by atoms with Crippen molar-refractivity contribution in [3.05, 3.63) is 23.8 Å². The SMILES string of the molecule is C=CC1=C(C)CCN(C)C1. The summed E-state index contributed by atoms with van der Waals surface area (Å²) in [4.78, 5) is 2.32. The molecule has 1 heteroatoms. The second-order valence-electron chi connectivity index (χ2n) is 3.00. The van der Waals surface area contributed by atoms with Crippen molar-refractivity contribution in [3.63, 3.8) is 0 Å². The monoisotopic (exact) mass is 137 g/mol. The Labute approximate surface area is 63.0 Å². The lowest BCUT2D eigenvalue weighted by Gasteiger charge is -2.24. The van der Waals surface area contributed by atoms with Gasteiger partial charge in [0.25, 0.3) is 0 Å². The molecule has 1 nitrogen and oxygen atoms in total. The van der Waals surface area contributed by atoms with Crippen LogP contribution in [-0.4, -0.2) is 25.0 Å². The highest BCUT2D eigenvalue weighted by molar-refractivity contribution is 5.26. The highest BCUT2D eigenvalue weighted by Gasteiger charge is 2.09. The molecule has 1 aliphatic rings. The Morgan fingerprint density at radius 2 is 2.30 bits per heavy atom. The number of nitrogens with zero attached hydrogens (tertiary/aromatic N) is 1. The van der Waals surface area contributed by atoms with E-state index in [2.05, 4.69) is 25.5 Å². The smallest absolute Gasteiger partial charge is 0.0230 e. The van der Waals surface area contributed by atoms with Gasteiger partial charge in [-0.05, 0) is 26.0 Å². The zero-order valence-electron chi connectivity index (χ0n) is 6.85. The van der Waals surface area contributed by atoms with Gasteiger partial charge in [-0.25, -0.2) is 0 Å². The Kier molecular flexibility index (Phi) is 2.28. The average molecular weight is 137 g/mol. The van der Waals surface area contributed by atoms with Crippen molar-refractivity contribution in [3.8, 4) is 0 Å². The van der Waals surface area contributed by atoms with Crippen molar-refractivity contribution >= 4 is 0 Å². The van der Waals surface area contributed by atoms with Gasteiger partial charge in [-0.1, -0.05) is 18.2 Å². The van der Waals surface area contributed by atoms with Gasteiger partial charge in [0.05, 0.1) is 0 Å². The van der Waals surface area contributed by atoms with E-state index in [4.69, 9.17) is 0 Å². The second kappa shape index (κ2) is 3.02. The minimum atomic E-state index is 1.08. The fraction of sp³-hybridized carbons (Fsp3) is 0.556. The van der Waals surface area contributed by atoms with E-state index in [1.807, 2.05) is 6.08 Å². The molecule has 0 saturated heterocycles. The molecule has 0 spiro atoms. The van der Waals surface area contributed by atoms with E-state index in [9.17, 15) is 0 Å². The van der Waals surface area contributed by atoms with Crippen LogP contribution in [0, 0.1) is 0 Å². The van der Waals surface area contributed by atoms with Crippen molar-refractivity contribution in [1.82, 2.24) is 4.90 Å². The maximum atomic E-state index is 3.78. The molecule has 0 radical (unpaired) electrons. The maximum Gasteiger partial charge on any atom is 0.0230 e. The lowest BCUT2D eigenvalue weighted by atomic mass is 10.0. The van der Waals surface area contributed by atoms with E-state index in [1.54, 1.807) is 0 Å². The van der Waals surface area contributed by atoms with Gasteiger partial charge >= 0.3 is 0 Å². The minimum absolute atomic E-state index is 1.08. The van der Waals surface area contributed by atoms with Crippen molar-refractivity contribution in [2.24, 2.45) is 0 Å². The summed E-state index contributed by atoms with van der Waals surface area (Å²) in [5.41, 5.74) is 2.92. The summed E-state index contributed by atoms with van der Waals surface area (Å²) in [6.07, 6.45) is 3.18. The number of hydrogen-bond donors (Lipinski definition) is 0. The predicted octanol–water partition coefficient (Wildman–Crippen LogP) is 1.82. The van der Waals surface area contributed by atoms with Gasteiger partial charge in [-0.3, -0.25) is 0 Å². The van der Waals surface area contributed by atoms with Crippen LogP contribution in [0.1, 0.15) is 13.3 Å². The first-order valence-electron chi connectivity index (χ1n) is 3.73. The molecule has 0 bridgehead atoms. The van der Waals surface area contributed by atoms with Crippen molar-refractivity contribution < 1.29 is 0 Å². The van der Waals surface area contributed by atoms with Crippen LogP contribution in [-0.2, 0) is 0 Å². The molecular formula is C9H15N. The molecule has 0 amide bonds. The molecular weight excluding hydrogens is 122 g/mol. The normalized spacial score (nSPS) is 21.4. The molecule has 0 aliphatic carbocycles. The van der Waals surface area contributed by atoms with Gasteiger partial charge in [-0.2, -0.15) is 0 Å². The molecule has 1 rings (SSSR count). The molecule has 0 atom stereocenters. The Hall–Kier alpha value is -0.560. The first-order chi connectivity index (χ1) is 4.74. The standard InChI is InChI=1S/C9H15N/c1-4-9-7-10(3)6-5-8(9)2/h4H,1,5-7H2,2-3H3. The molecule has 0 aromatic heterocycles. The summed E-state index contributed by atoms with van der Waals surface area (Å²) in [5.74, 6) is 0. The third kappa shape index (κ3) is 1.48. The number of likely N-dealkylation sites (N-methyl/N-ethyl adjacent to an activating group) is 1. The van der Waals surface area contributed by atoms with E-state index in [-0.39, 0.29) is 0 Å². The van der Waals surface area contributed by atoms with Crippen LogP contribution in [0.5, 0.6) is 0 Å². The fourth-order valence-corrected chi connectivity index (χ4v) is 1.26. The van der Waals surface area contributed by atoms with E-state index in [1.165, 1.54) is 24.1 Å². The molecule has 0 fully saturated rings. The quantitative estimate of drug-likeness (QED) is 0.533. The van der Waals surface area contributed by atoms with Crippen molar-refractivity contribution in [2.75, 3.05) is 20.1 Å². The summed E-state index contributed by atoms with van der Waals surface area (Å²) < 4.78 is 0. The third-order valence-electron chi connectivity index (χ3n) is 2.10. The Balaban J connectivity index is 2.71. The van der Waals surface area contributed by atoms with Crippen LogP contribution in [0.2, 0.25) is 0 Å². The summed E-state index contributed by atoms with van der Waals surface area (Å²) in [5, 5.41) is 0. The van der Waals surface area contributed by atoms with Crippen LogP contribution in [0.4, 0.5) is 0 Å². The van der Waals surface area contributed by atoms with E-state index in [0.717, 1.165) is 6.54 Å². The van der Waals surface area contributed by atoms with Crippen LogP contribution < -0.4 is 0 Å². The lowest BCUT2D eigenvalue weighted by molar-refractivity contribution is 0.351. The van der Waals surface area contributed by atoms with Gasteiger partial charge in [0.15, 0.2) is 0 Å². The largest absolute Gasteiger partial charge is 0.302 e. The zero-order valence-corrected chi connectivity index (χ0v) is 6.85. The molecule has 0 saturated carbocycles. The van der Waals surface area contributed by atoms with Crippen molar-refractivity contribution in [2.45, 2.75) is 13.3 Å². The van der Waals surface area contributed by atoms with Gasteiger partial charge in [-0.15, -0.1) is 0 Å². The Morgan fingerprint density at radius 3 is 2.80 bits per heavy atom. The predicted molar refractivity (Wildman–Crippen MR) is 45.0 cm³/mol. The van der Waals surface area contributed by atoms with Crippen LogP contribution in [0.25, 0.3) is 0 Å². The molecule has 0 N–H and O–H groups in total. The van der Waals surface area contributed by atoms with Crippen LogP contribution in [0.15, 0.2) is 23.8 Å². The highest BCUT2D eigenvalue weighted by Crippen LogP contribution is 2.16. The minimum Gasteiger partial charge on any atom is -0.302 e. The fourth-order valence-electron chi connectivity index (χ4n) is 1.26. The van der Waals surface area contributed by atoms with Gasteiger partial charge < -0.3 is 4.90 Å².